The van der Waals surface area contributed by atoms with Crippen LogP contribution in [0.2, 0.25) is 5.02 Å². The fourth-order valence-electron chi connectivity index (χ4n) is 1.58. The molecule has 0 spiro atoms. The van der Waals surface area contributed by atoms with Gasteiger partial charge in [-0.1, -0.05) is 29.4 Å². The third-order valence-corrected chi connectivity index (χ3v) is 4.15. The molecule has 0 saturated heterocycles. The van der Waals surface area contributed by atoms with Crippen molar-refractivity contribution in [2.45, 2.75) is 16.1 Å². The minimum Gasteiger partial charge on any atom is -0.247 e. The largest absolute Gasteiger partial charge is 0.417 e. The zero-order valence-electron chi connectivity index (χ0n) is 10.6. The van der Waals surface area contributed by atoms with Crippen molar-refractivity contribution in [1.29, 1.82) is 10.5 Å². The predicted octanol–water partition coefficient (Wildman–Crippen LogP) is 4.65. The maximum absolute atomic E-state index is 12.6. The number of nitriles is 2. The molecule has 0 N–H and O–H groups in total. The first-order valence-corrected chi connectivity index (χ1v) is 6.90. The van der Waals surface area contributed by atoms with Gasteiger partial charge >= 0.3 is 6.18 Å². The zero-order chi connectivity index (χ0) is 16.3. The lowest BCUT2D eigenvalue weighted by Crippen LogP contribution is -2.05. The van der Waals surface area contributed by atoms with Crippen molar-refractivity contribution < 1.29 is 13.2 Å². The summed E-state index contributed by atoms with van der Waals surface area (Å²) in [7, 11) is 0. The number of hydrogen-bond acceptors (Lipinski definition) is 4. The van der Waals surface area contributed by atoms with Crippen molar-refractivity contribution in [2.24, 2.45) is 0 Å². The fourth-order valence-corrected chi connectivity index (χ4v) is 2.76. The van der Waals surface area contributed by atoms with Gasteiger partial charge in [0.2, 0.25) is 0 Å². The van der Waals surface area contributed by atoms with E-state index in [1.807, 2.05) is 12.1 Å². The molecule has 0 bridgehead atoms. The van der Waals surface area contributed by atoms with E-state index < -0.39 is 11.7 Å². The molecule has 1 aromatic heterocycles. The number of benzene rings is 1. The van der Waals surface area contributed by atoms with E-state index in [2.05, 4.69) is 4.98 Å². The van der Waals surface area contributed by atoms with Gasteiger partial charge in [-0.25, -0.2) is 4.98 Å². The van der Waals surface area contributed by atoms with E-state index in [1.54, 1.807) is 6.07 Å². The normalized spacial score (nSPS) is 10.8. The van der Waals surface area contributed by atoms with Crippen LogP contribution in [0.4, 0.5) is 13.2 Å². The van der Waals surface area contributed by atoms with E-state index in [1.165, 1.54) is 12.1 Å². The SMILES string of the molecule is N#Cc1cccc(C#N)c1Sc1ncc(C(F)(F)F)cc1Cl. The molecule has 2 rings (SSSR count). The summed E-state index contributed by atoms with van der Waals surface area (Å²) >= 11 is 6.71. The van der Waals surface area contributed by atoms with Gasteiger partial charge in [0.1, 0.15) is 17.2 Å². The molecule has 2 aromatic rings. The Morgan fingerprint density at radius 3 is 2.18 bits per heavy atom. The quantitative estimate of drug-likeness (QED) is 0.799. The van der Waals surface area contributed by atoms with E-state index in [9.17, 15) is 13.2 Å². The van der Waals surface area contributed by atoms with Gasteiger partial charge in [-0.15, -0.1) is 0 Å². The molecule has 8 heteroatoms. The van der Waals surface area contributed by atoms with Crippen LogP contribution in [0, 0.1) is 22.7 Å². The first-order valence-electron chi connectivity index (χ1n) is 5.70. The topological polar surface area (TPSA) is 60.5 Å². The first-order chi connectivity index (χ1) is 10.4. The highest BCUT2D eigenvalue weighted by Gasteiger charge is 2.31. The van der Waals surface area contributed by atoms with Gasteiger partial charge in [-0.3, -0.25) is 0 Å². The number of rotatable bonds is 2. The predicted molar refractivity (Wildman–Crippen MR) is 74.2 cm³/mol. The summed E-state index contributed by atoms with van der Waals surface area (Å²) in [5.41, 5.74) is -0.514. The Morgan fingerprint density at radius 2 is 1.73 bits per heavy atom. The maximum atomic E-state index is 12.6. The van der Waals surface area contributed by atoms with Crippen LogP contribution in [0.5, 0.6) is 0 Å². The summed E-state index contributed by atoms with van der Waals surface area (Å²) in [6.45, 7) is 0. The third kappa shape index (κ3) is 3.33. The second-order valence-electron chi connectivity index (χ2n) is 4.02. The minimum absolute atomic E-state index is 0.0915. The molecule has 0 aliphatic rings. The second-order valence-corrected chi connectivity index (χ2v) is 5.42. The van der Waals surface area contributed by atoms with Crippen LogP contribution in [0.25, 0.3) is 0 Å². The summed E-state index contributed by atoms with van der Waals surface area (Å²) in [6.07, 6.45) is -3.88. The van der Waals surface area contributed by atoms with Crippen LogP contribution in [0.1, 0.15) is 16.7 Å². The molecule has 0 atom stereocenters. The Balaban J connectivity index is 2.46. The second kappa shape index (κ2) is 6.27. The molecule has 22 heavy (non-hydrogen) atoms. The van der Waals surface area contributed by atoms with E-state index in [0.717, 1.165) is 17.8 Å². The molecule has 0 saturated carbocycles. The monoisotopic (exact) mass is 339 g/mol. The fraction of sp³-hybridized carbons (Fsp3) is 0.0714. The highest BCUT2D eigenvalue weighted by Crippen LogP contribution is 2.38. The summed E-state index contributed by atoms with van der Waals surface area (Å²) in [4.78, 5) is 3.99. The smallest absolute Gasteiger partial charge is 0.247 e. The van der Waals surface area contributed by atoms with E-state index in [0.29, 0.717) is 11.1 Å². The third-order valence-electron chi connectivity index (χ3n) is 2.59. The van der Waals surface area contributed by atoms with E-state index in [-0.39, 0.29) is 21.2 Å². The molecule has 1 heterocycles. The molecule has 0 unspecified atom stereocenters. The lowest BCUT2D eigenvalue weighted by molar-refractivity contribution is -0.137. The van der Waals surface area contributed by atoms with Gasteiger partial charge < -0.3 is 0 Å². The van der Waals surface area contributed by atoms with Crippen molar-refractivity contribution in [1.82, 2.24) is 4.98 Å². The number of halogens is 4. The standard InChI is InChI=1S/C14H5ClF3N3S/c15-11-4-10(14(16,17)18)7-21-13(11)22-12-8(5-19)2-1-3-9(12)6-20/h1-4,7H. The van der Waals surface area contributed by atoms with Gasteiger partial charge in [-0.05, 0) is 18.2 Å². The first kappa shape index (κ1) is 16.2. The molecule has 0 radical (unpaired) electrons. The van der Waals surface area contributed by atoms with Crippen LogP contribution in [0.15, 0.2) is 40.4 Å². The lowest BCUT2D eigenvalue weighted by atomic mass is 10.1. The highest BCUT2D eigenvalue weighted by molar-refractivity contribution is 7.99. The molecular formula is C14H5ClF3N3S. The van der Waals surface area contributed by atoms with Crippen molar-refractivity contribution in [3.05, 3.63) is 52.2 Å². The van der Waals surface area contributed by atoms with Crippen LogP contribution in [-0.2, 0) is 6.18 Å². The van der Waals surface area contributed by atoms with Crippen molar-refractivity contribution in [2.75, 3.05) is 0 Å². The van der Waals surface area contributed by atoms with Gasteiger partial charge in [0.25, 0.3) is 0 Å². The molecule has 0 aliphatic carbocycles. The van der Waals surface area contributed by atoms with Gasteiger partial charge in [0.15, 0.2) is 0 Å². The van der Waals surface area contributed by atoms with Gasteiger partial charge in [0, 0.05) is 11.1 Å². The molecule has 3 nitrogen and oxygen atoms in total. The molecule has 110 valence electrons. The number of nitrogens with zero attached hydrogens (tertiary/aromatic N) is 3. The highest BCUT2D eigenvalue weighted by atomic mass is 35.5. The summed E-state index contributed by atoms with van der Waals surface area (Å²) in [6, 6.07) is 9.15. The van der Waals surface area contributed by atoms with Crippen molar-refractivity contribution >= 4 is 23.4 Å². The number of aromatic nitrogens is 1. The van der Waals surface area contributed by atoms with Crippen LogP contribution >= 0.6 is 23.4 Å². The van der Waals surface area contributed by atoms with Gasteiger partial charge in [-0.2, -0.15) is 23.7 Å². The number of pyridine rings is 1. The Kier molecular flexibility index (Phi) is 4.60. The molecule has 0 aliphatic heterocycles. The summed E-state index contributed by atoms with van der Waals surface area (Å²) in [5, 5.41) is 18.0. The Morgan fingerprint density at radius 1 is 1.14 bits per heavy atom. The minimum atomic E-state index is -4.54. The van der Waals surface area contributed by atoms with Crippen molar-refractivity contribution in [3.63, 3.8) is 0 Å². The lowest BCUT2D eigenvalue weighted by Gasteiger charge is -2.10. The summed E-state index contributed by atoms with van der Waals surface area (Å²) < 4.78 is 37.7. The summed E-state index contributed by atoms with van der Waals surface area (Å²) in [5.74, 6) is 0. The van der Waals surface area contributed by atoms with Crippen LogP contribution in [-0.4, -0.2) is 4.98 Å². The molecule has 0 fully saturated rings. The number of hydrogen-bond donors (Lipinski definition) is 0. The average molecular weight is 340 g/mol. The number of alkyl halides is 3. The Hall–Kier alpha value is -2.22. The maximum Gasteiger partial charge on any atom is 0.417 e. The van der Waals surface area contributed by atoms with E-state index >= 15 is 0 Å². The molecular weight excluding hydrogens is 335 g/mol. The molecule has 1 aromatic carbocycles. The molecule has 0 amide bonds. The van der Waals surface area contributed by atoms with Crippen LogP contribution in [0.3, 0.4) is 0 Å². The Labute approximate surface area is 133 Å². The van der Waals surface area contributed by atoms with Crippen LogP contribution < -0.4 is 0 Å². The average Bonchev–Trinajstić information content (AvgIpc) is 2.48. The van der Waals surface area contributed by atoms with Gasteiger partial charge in [0.05, 0.1) is 21.7 Å². The zero-order valence-corrected chi connectivity index (χ0v) is 12.2. The van der Waals surface area contributed by atoms with Crippen molar-refractivity contribution in [3.8, 4) is 12.1 Å². The Bertz CT molecular complexity index is 774. The van der Waals surface area contributed by atoms with E-state index in [4.69, 9.17) is 22.1 Å².